The van der Waals surface area contributed by atoms with Crippen LogP contribution in [0.2, 0.25) is 5.02 Å². The predicted molar refractivity (Wildman–Crippen MR) is 143 cm³/mol. The maximum atomic E-state index is 13.2. The van der Waals surface area contributed by atoms with Gasteiger partial charge in [0, 0.05) is 48.9 Å². The van der Waals surface area contributed by atoms with E-state index >= 15 is 0 Å². The number of piperazine rings is 1. The van der Waals surface area contributed by atoms with Gasteiger partial charge in [0.15, 0.2) is 5.82 Å². The van der Waals surface area contributed by atoms with Gasteiger partial charge in [0.2, 0.25) is 5.91 Å². The van der Waals surface area contributed by atoms with Crippen molar-refractivity contribution in [1.82, 2.24) is 20.0 Å². The van der Waals surface area contributed by atoms with Crippen LogP contribution in [0, 0.1) is 5.92 Å². The lowest BCUT2D eigenvalue weighted by atomic mass is 10.1. The molecule has 37 heavy (non-hydrogen) atoms. The first-order valence-electron chi connectivity index (χ1n) is 12.6. The lowest BCUT2D eigenvalue weighted by Gasteiger charge is -2.36. The zero-order chi connectivity index (χ0) is 25.8. The van der Waals surface area contributed by atoms with Crippen LogP contribution in [0.15, 0.2) is 60.7 Å². The summed E-state index contributed by atoms with van der Waals surface area (Å²) in [7, 11) is 1.64. The van der Waals surface area contributed by atoms with E-state index in [1.807, 2.05) is 41.3 Å². The van der Waals surface area contributed by atoms with E-state index in [4.69, 9.17) is 16.3 Å². The van der Waals surface area contributed by atoms with Crippen molar-refractivity contribution in [3.05, 3.63) is 71.2 Å². The fourth-order valence-electron chi connectivity index (χ4n) is 4.48. The maximum Gasteiger partial charge on any atom is 0.254 e. The molecule has 2 fully saturated rings. The van der Waals surface area contributed by atoms with Crippen LogP contribution in [0.25, 0.3) is 11.3 Å². The lowest BCUT2D eigenvalue weighted by molar-refractivity contribution is -0.132. The van der Waals surface area contributed by atoms with Crippen molar-refractivity contribution in [2.45, 2.75) is 12.8 Å². The minimum Gasteiger partial charge on any atom is -0.497 e. The number of anilines is 1. The van der Waals surface area contributed by atoms with Crippen LogP contribution in [0.1, 0.15) is 23.2 Å². The number of ether oxygens (including phenoxy) is 1. The van der Waals surface area contributed by atoms with Crippen molar-refractivity contribution in [3.63, 3.8) is 0 Å². The fourth-order valence-corrected chi connectivity index (χ4v) is 4.61. The molecule has 2 aliphatic rings. The third-order valence-corrected chi connectivity index (χ3v) is 7.10. The molecule has 1 aliphatic carbocycles. The Bertz CT molecular complexity index is 1240. The first-order valence-corrected chi connectivity index (χ1v) is 12.9. The third kappa shape index (κ3) is 6.20. The van der Waals surface area contributed by atoms with Gasteiger partial charge in [0.25, 0.3) is 5.91 Å². The summed E-state index contributed by atoms with van der Waals surface area (Å²) in [5.41, 5.74) is 2.27. The van der Waals surface area contributed by atoms with E-state index in [2.05, 4.69) is 15.1 Å². The standard InChI is InChI=1S/C28H30ClN5O3/c1-37-24-4-2-3-22(17-24)25-11-12-26(31-30-25)32-13-15-33(16-14-32)27(35)19-34(18-20-5-6-20)28(36)21-7-9-23(29)10-8-21/h2-4,7-12,17,20H,5-6,13-16,18-19H2,1H3. The summed E-state index contributed by atoms with van der Waals surface area (Å²) in [5.74, 6) is 1.89. The average molecular weight is 520 g/mol. The van der Waals surface area contributed by atoms with Crippen LogP contribution in [0.4, 0.5) is 5.82 Å². The van der Waals surface area contributed by atoms with E-state index < -0.39 is 0 Å². The second-order valence-electron chi connectivity index (χ2n) is 9.51. The Labute approximate surface area is 221 Å². The second-order valence-corrected chi connectivity index (χ2v) is 9.95. The number of benzene rings is 2. The Hall–Kier alpha value is -3.65. The van der Waals surface area contributed by atoms with Crippen LogP contribution in [-0.4, -0.2) is 78.2 Å². The highest BCUT2D eigenvalue weighted by atomic mass is 35.5. The van der Waals surface area contributed by atoms with Crippen LogP contribution in [0.5, 0.6) is 5.75 Å². The van der Waals surface area contributed by atoms with Crippen molar-refractivity contribution < 1.29 is 14.3 Å². The maximum absolute atomic E-state index is 13.2. The number of hydrogen-bond acceptors (Lipinski definition) is 6. The number of carbonyl (C=O) groups excluding carboxylic acids is 2. The van der Waals surface area contributed by atoms with E-state index in [9.17, 15) is 9.59 Å². The smallest absolute Gasteiger partial charge is 0.254 e. The highest BCUT2D eigenvalue weighted by molar-refractivity contribution is 6.30. The summed E-state index contributed by atoms with van der Waals surface area (Å²) >= 11 is 5.98. The Morgan fingerprint density at radius 2 is 1.76 bits per heavy atom. The highest BCUT2D eigenvalue weighted by Gasteiger charge is 2.30. The summed E-state index contributed by atoms with van der Waals surface area (Å²) in [6, 6.07) is 18.5. The normalized spacial score (nSPS) is 15.4. The lowest BCUT2D eigenvalue weighted by Crippen LogP contribution is -2.52. The van der Waals surface area contributed by atoms with Crippen molar-refractivity contribution >= 4 is 29.2 Å². The van der Waals surface area contributed by atoms with Gasteiger partial charge in [-0.25, -0.2) is 0 Å². The largest absolute Gasteiger partial charge is 0.497 e. The molecule has 1 saturated heterocycles. The Kier molecular flexibility index (Phi) is 7.55. The Balaban J connectivity index is 1.18. The molecular weight excluding hydrogens is 490 g/mol. The zero-order valence-corrected chi connectivity index (χ0v) is 21.6. The zero-order valence-electron chi connectivity index (χ0n) is 20.8. The average Bonchev–Trinajstić information content (AvgIpc) is 3.77. The van der Waals surface area contributed by atoms with E-state index in [0.717, 1.165) is 35.7 Å². The van der Waals surface area contributed by atoms with Gasteiger partial charge in [-0.2, -0.15) is 0 Å². The molecule has 0 unspecified atom stereocenters. The third-order valence-electron chi connectivity index (χ3n) is 6.85. The quantitative estimate of drug-likeness (QED) is 0.447. The number of rotatable bonds is 8. The van der Waals surface area contributed by atoms with Crippen molar-refractivity contribution in [1.29, 1.82) is 0 Å². The molecule has 1 aliphatic heterocycles. The molecule has 0 atom stereocenters. The summed E-state index contributed by atoms with van der Waals surface area (Å²) in [5, 5.41) is 9.41. The molecule has 9 heteroatoms. The molecule has 2 amide bonds. The molecular formula is C28H30ClN5O3. The minimum absolute atomic E-state index is 0.0259. The molecule has 1 aromatic heterocycles. The number of carbonyl (C=O) groups is 2. The van der Waals surface area contributed by atoms with Crippen molar-refractivity contribution in [2.24, 2.45) is 5.92 Å². The summed E-state index contributed by atoms with van der Waals surface area (Å²) in [6.45, 7) is 3.17. The molecule has 0 spiro atoms. The number of hydrogen-bond donors (Lipinski definition) is 0. The molecule has 3 aromatic rings. The Morgan fingerprint density at radius 3 is 2.41 bits per heavy atom. The molecule has 2 heterocycles. The van der Waals surface area contributed by atoms with Crippen LogP contribution in [0.3, 0.4) is 0 Å². The fraction of sp³-hybridized carbons (Fsp3) is 0.357. The van der Waals surface area contributed by atoms with Gasteiger partial charge >= 0.3 is 0 Å². The van der Waals surface area contributed by atoms with Crippen LogP contribution >= 0.6 is 11.6 Å². The number of amides is 2. The number of aromatic nitrogens is 2. The van der Waals surface area contributed by atoms with Gasteiger partial charge in [-0.1, -0.05) is 23.7 Å². The monoisotopic (exact) mass is 519 g/mol. The minimum atomic E-state index is -0.123. The van der Waals surface area contributed by atoms with Crippen molar-refractivity contribution in [2.75, 3.05) is 51.3 Å². The van der Waals surface area contributed by atoms with Gasteiger partial charge in [0.1, 0.15) is 12.3 Å². The Morgan fingerprint density at radius 1 is 1.00 bits per heavy atom. The van der Waals surface area contributed by atoms with E-state index in [0.29, 0.717) is 49.2 Å². The van der Waals surface area contributed by atoms with Gasteiger partial charge in [-0.15, -0.1) is 10.2 Å². The van der Waals surface area contributed by atoms with Crippen LogP contribution in [-0.2, 0) is 4.79 Å². The molecule has 8 nitrogen and oxygen atoms in total. The molecule has 0 N–H and O–H groups in total. The number of halogens is 1. The molecule has 0 radical (unpaired) electrons. The van der Waals surface area contributed by atoms with Crippen LogP contribution < -0.4 is 9.64 Å². The van der Waals surface area contributed by atoms with E-state index in [1.165, 1.54) is 0 Å². The van der Waals surface area contributed by atoms with Gasteiger partial charge in [-0.3, -0.25) is 9.59 Å². The van der Waals surface area contributed by atoms with E-state index in [-0.39, 0.29) is 18.4 Å². The topological polar surface area (TPSA) is 78.9 Å². The highest BCUT2D eigenvalue weighted by Crippen LogP contribution is 2.30. The first kappa shape index (κ1) is 25.0. The summed E-state index contributed by atoms with van der Waals surface area (Å²) < 4.78 is 5.30. The van der Waals surface area contributed by atoms with Gasteiger partial charge in [0.05, 0.1) is 12.8 Å². The van der Waals surface area contributed by atoms with Gasteiger partial charge < -0.3 is 19.4 Å². The number of methoxy groups -OCH3 is 1. The van der Waals surface area contributed by atoms with Gasteiger partial charge in [-0.05, 0) is 67.3 Å². The number of nitrogens with zero attached hydrogens (tertiary/aromatic N) is 5. The molecule has 2 aromatic carbocycles. The molecule has 5 rings (SSSR count). The molecule has 1 saturated carbocycles. The van der Waals surface area contributed by atoms with Crippen molar-refractivity contribution in [3.8, 4) is 17.0 Å². The first-order chi connectivity index (χ1) is 18.0. The predicted octanol–water partition coefficient (Wildman–Crippen LogP) is 4.01. The molecule has 192 valence electrons. The SMILES string of the molecule is COc1cccc(-c2ccc(N3CCN(C(=O)CN(CC4CC4)C(=O)c4ccc(Cl)cc4)CC3)nn2)c1. The molecule has 0 bridgehead atoms. The second kappa shape index (κ2) is 11.2. The summed E-state index contributed by atoms with van der Waals surface area (Å²) in [6.07, 6.45) is 2.21. The van der Waals surface area contributed by atoms with E-state index in [1.54, 1.807) is 36.3 Å². The summed E-state index contributed by atoms with van der Waals surface area (Å²) in [4.78, 5) is 31.9.